The predicted octanol–water partition coefficient (Wildman–Crippen LogP) is 3.18. The van der Waals surface area contributed by atoms with Crippen LogP contribution in [-0.4, -0.2) is 48.9 Å². The van der Waals surface area contributed by atoms with Gasteiger partial charge in [0.15, 0.2) is 9.84 Å². The molecule has 0 unspecified atom stereocenters. The number of sulfone groups is 1. The van der Waals surface area contributed by atoms with Gasteiger partial charge in [-0.15, -0.1) is 0 Å². The van der Waals surface area contributed by atoms with E-state index in [4.69, 9.17) is 16.3 Å². The maximum absolute atomic E-state index is 12.3. The minimum Gasteiger partial charge on any atom is -0.495 e. The van der Waals surface area contributed by atoms with Gasteiger partial charge in [-0.1, -0.05) is 23.7 Å². The quantitative estimate of drug-likeness (QED) is 0.534. The number of nitrogens with zero attached hydrogens (tertiary/aromatic N) is 1. The van der Waals surface area contributed by atoms with Gasteiger partial charge in [-0.3, -0.25) is 9.10 Å². The van der Waals surface area contributed by atoms with E-state index >= 15 is 0 Å². The molecule has 1 amide bonds. The molecule has 0 aromatic heterocycles. The first-order valence-electron chi connectivity index (χ1n) is 9.73. The van der Waals surface area contributed by atoms with Gasteiger partial charge in [-0.05, 0) is 49.2 Å². The number of carbonyl (C=O) groups is 1. The van der Waals surface area contributed by atoms with Crippen molar-refractivity contribution in [3.8, 4) is 5.75 Å². The minimum atomic E-state index is -3.58. The number of methoxy groups -OCH3 is 1. The van der Waals surface area contributed by atoms with E-state index in [1.807, 2.05) is 0 Å². The molecule has 2 aromatic carbocycles. The predicted molar refractivity (Wildman–Crippen MR) is 126 cm³/mol. The Morgan fingerprint density at radius 1 is 1.09 bits per heavy atom. The monoisotopic (exact) mass is 502 g/mol. The Bertz CT molecular complexity index is 1170. The van der Waals surface area contributed by atoms with Gasteiger partial charge < -0.3 is 10.1 Å². The lowest BCUT2D eigenvalue weighted by Crippen LogP contribution is -2.32. The molecule has 0 saturated heterocycles. The van der Waals surface area contributed by atoms with Gasteiger partial charge in [-0.2, -0.15) is 0 Å². The molecule has 0 aliphatic rings. The standard InChI is InChI=1S/C21H27ClN2O6S2/c1-15(16-7-10-18(11-8-16)31(3,26)27)23-21(25)6-5-13-24(32(4,28)29)17-9-12-20(30-2)19(22)14-17/h7-12,14-15H,5-6,13H2,1-4H3,(H,23,25)/t15-/m1/s1. The van der Waals surface area contributed by atoms with Crippen LogP contribution >= 0.6 is 11.6 Å². The number of hydrogen-bond acceptors (Lipinski definition) is 6. The summed E-state index contributed by atoms with van der Waals surface area (Å²) >= 11 is 6.11. The summed E-state index contributed by atoms with van der Waals surface area (Å²) in [5.41, 5.74) is 1.15. The van der Waals surface area contributed by atoms with Crippen LogP contribution in [0.15, 0.2) is 47.4 Å². The topological polar surface area (TPSA) is 110 Å². The number of rotatable bonds is 10. The van der Waals surface area contributed by atoms with E-state index in [2.05, 4.69) is 5.32 Å². The summed E-state index contributed by atoms with van der Waals surface area (Å²) in [4.78, 5) is 12.6. The number of benzene rings is 2. The van der Waals surface area contributed by atoms with Gasteiger partial charge in [0.2, 0.25) is 15.9 Å². The maximum Gasteiger partial charge on any atom is 0.232 e. The SMILES string of the molecule is COc1ccc(N(CCCC(=O)N[C@H](C)c2ccc(S(C)(=O)=O)cc2)S(C)(=O)=O)cc1Cl. The lowest BCUT2D eigenvalue weighted by Gasteiger charge is -2.23. The van der Waals surface area contributed by atoms with Crippen LogP contribution in [-0.2, 0) is 24.7 Å². The smallest absolute Gasteiger partial charge is 0.232 e. The molecule has 0 aliphatic carbocycles. The molecular formula is C21H27ClN2O6S2. The molecule has 176 valence electrons. The van der Waals surface area contributed by atoms with Crippen molar-refractivity contribution in [2.24, 2.45) is 0 Å². The highest BCUT2D eigenvalue weighted by atomic mass is 35.5. The van der Waals surface area contributed by atoms with Crippen molar-refractivity contribution >= 4 is 43.1 Å². The van der Waals surface area contributed by atoms with E-state index in [0.717, 1.165) is 18.1 Å². The van der Waals surface area contributed by atoms with Crippen LogP contribution in [0.25, 0.3) is 0 Å². The van der Waals surface area contributed by atoms with Crippen molar-refractivity contribution in [1.82, 2.24) is 5.32 Å². The summed E-state index contributed by atoms with van der Waals surface area (Å²) in [6, 6.07) is 10.6. The van der Waals surface area contributed by atoms with E-state index in [9.17, 15) is 21.6 Å². The van der Waals surface area contributed by atoms with Crippen LogP contribution in [0.2, 0.25) is 5.02 Å². The van der Waals surface area contributed by atoms with E-state index in [1.54, 1.807) is 31.2 Å². The molecule has 1 N–H and O–H groups in total. The summed E-state index contributed by atoms with van der Waals surface area (Å²) in [6.07, 6.45) is 2.63. The third-order valence-corrected chi connectivity index (χ3v) is 7.39. The maximum atomic E-state index is 12.3. The summed E-state index contributed by atoms with van der Waals surface area (Å²) in [5, 5.41) is 3.12. The fourth-order valence-electron chi connectivity index (χ4n) is 3.08. The molecule has 0 spiro atoms. The molecular weight excluding hydrogens is 476 g/mol. The largest absolute Gasteiger partial charge is 0.495 e. The number of sulfonamides is 1. The highest BCUT2D eigenvalue weighted by molar-refractivity contribution is 7.92. The van der Waals surface area contributed by atoms with Gasteiger partial charge >= 0.3 is 0 Å². The van der Waals surface area contributed by atoms with Gasteiger partial charge in [0, 0.05) is 19.2 Å². The first-order valence-corrected chi connectivity index (χ1v) is 13.9. The van der Waals surface area contributed by atoms with Crippen molar-refractivity contribution in [1.29, 1.82) is 0 Å². The molecule has 2 aromatic rings. The molecule has 0 bridgehead atoms. The molecule has 1 atom stereocenters. The van der Waals surface area contributed by atoms with Crippen LogP contribution in [0, 0.1) is 0 Å². The van der Waals surface area contributed by atoms with Crippen LogP contribution in [0.5, 0.6) is 5.75 Å². The Labute approximate surface area is 194 Å². The van der Waals surface area contributed by atoms with E-state index < -0.39 is 19.9 Å². The zero-order valence-electron chi connectivity index (χ0n) is 18.3. The van der Waals surface area contributed by atoms with Gasteiger partial charge in [0.05, 0.1) is 35.0 Å². The summed E-state index contributed by atoms with van der Waals surface area (Å²) in [6.45, 7) is 1.89. The second-order valence-corrected chi connectivity index (χ2v) is 11.7. The Balaban J connectivity index is 1.98. The lowest BCUT2D eigenvalue weighted by atomic mass is 10.1. The van der Waals surface area contributed by atoms with Crippen LogP contribution in [0.3, 0.4) is 0 Å². The number of nitrogens with one attached hydrogen (secondary N) is 1. The first-order chi connectivity index (χ1) is 14.8. The number of carbonyl (C=O) groups excluding carboxylic acids is 1. The van der Waals surface area contributed by atoms with E-state index in [-0.39, 0.29) is 34.8 Å². The van der Waals surface area contributed by atoms with Gasteiger partial charge in [-0.25, -0.2) is 16.8 Å². The van der Waals surface area contributed by atoms with Crippen molar-refractivity contribution < 1.29 is 26.4 Å². The minimum absolute atomic E-state index is 0.104. The third kappa shape index (κ3) is 7.11. The second-order valence-electron chi connectivity index (χ2n) is 7.39. The average Bonchev–Trinajstić information content (AvgIpc) is 2.69. The zero-order chi connectivity index (χ0) is 24.1. The third-order valence-electron chi connectivity index (χ3n) is 4.77. The number of amides is 1. The van der Waals surface area contributed by atoms with Crippen LogP contribution in [0.1, 0.15) is 31.4 Å². The molecule has 2 rings (SSSR count). The molecule has 0 radical (unpaired) electrons. The molecule has 0 heterocycles. The van der Waals surface area contributed by atoms with Gasteiger partial charge in [0.1, 0.15) is 5.75 Å². The first kappa shape index (κ1) is 26.0. The Morgan fingerprint density at radius 2 is 1.72 bits per heavy atom. The van der Waals surface area contributed by atoms with Crippen molar-refractivity contribution in [3.63, 3.8) is 0 Å². The fourth-order valence-corrected chi connectivity index (χ4v) is 4.92. The van der Waals surface area contributed by atoms with Crippen molar-refractivity contribution in [2.75, 3.05) is 30.5 Å². The summed E-state index contributed by atoms with van der Waals surface area (Å²) in [5.74, 6) is 0.188. The number of ether oxygens (including phenoxy) is 1. The fraction of sp³-hybridized carbons (Fsp3) is 0.381. The lowest BCUT2D eigenvalue weighted by molar-refractivity contribution is -0.121. The molecule has 0 aliphatic heterocycles. The Kier molecular flexibility index (Phi) is 8.55. The summed E-state index contributed by atoms with van der Waals surface area (Å²) < 4.78 is 53.9. The molecule has 8 nitrogen and oxygen atoms in total. The molecule has 0 fully saturated rings. The normalized spacial score (nSPS) is 12.8. The summed E-state index contributed by atoms with van der Waals surface area (Å²) in [7, 11) is -5.40. The molecule has 11 heteroatoms. The zero-order valence-corrected chi connectivity index (χ0v) is 20.7. The number of hydrogen-bond donors (Lipinski definition) is 1. The highest BCUT2D eigenvalue weighted by Gasteiger charge is 2.19. The number of halogens is 1. The van der Waals surface area contributed by atoms with Crippen molar-refractivity contribution in [3.05, 3.63) is 53.1 Å². The van der Waals surface area contributed by atoms with Crippen LogP contribution in [0.4, 0.5) is 5.69 Å². The van der Waals surface area contributed by atoms with Crippen molar-refractivity contribution in [2.45, 2.75) is 30.7 Å². The average molecular weight is 503 g/mol. The van der Waals surface area contributed by atoms with Gasteiger partial charge in [0.25, 0.3) is 0 Å². The van der Waals surface area contributed by atoms with E-state index in [1.165, 1.54) is 29.6 Å². The molecule has 32 heavy (non-hydrogen) atoms. The molecule has 0 saturated carbocycles. The second kappa shape index (κ2) is 10.5. The van der Waals surface area contributed by atoms with E-state index in [0.29, 0.717) is 17.9 Å². The highest BCUT2D eigenvalue weighted by Crippen LogP contribution is 2.30. The Hall–Kier alpha value is -2.30. The Morgan fingerprint density at radius 3 is 2.22 bits per heavy atom. The number of anilines is 1. The van der Waals surface area contributed by atoms with Crippen LogP contribution < -0.4 is 14.4 Å².